The third-order valence-corrected chi connectivity index (χ3v) is 5.92. The van der Waals surface area contributed by atoms with Gasteiger partial charge in [0.25, 0.3) is 5.91 Å². The van der Waals surface area contributed by atoms with Gasteiger partial charge in [0.2, 0.25) is 0 Å². The molecular weight excluding hydrogens is 358 g/mol. The molecule has 1 aliphatic rings. The van der Waals surface area contributed by atoms with E-state index >= 15 is 0 Å². The van der Waals surface area contributed by atoms with Gasteiger partial charge in [-0.2, -0.15) is 0 Å². The second-order valence-corrected chi connectivity index (χ2v) is 8.96. The third kappa shape index (κ3) is 4.94. The van der Waals surface area contributed by atoms with Crippen molar-refractivity contribution in [1.29, 1.82) is 0 Å². The highest BCUT2D eigenvalue weighted by molar-refractivity contribution is 7.10. The van der Waals surface area contributed by atoms with Crippen LogP contribution in [0.5, 0.6) is 0 Å². The zero-order chi connectivity index (χ0) is 19.6. The minimum absolute atomic E-state index is 0.0000962. The van der Waals surface area contributed by atoms with Crippen LogP contribution in [0.2, 0.25) is 0 Å². The molecule has 3 rings (SSSR count). The van der Waals surface area contributed by atoms with E-state index in [9.17, 15) is 9.90 Å². The highest BCUT2D eigenvalue weighted by Gasteiger charge is 2.27. The van der Waals surface area contributed by atoms with Gasteiger partial charge in [-0.05, 0) is 43.9 Å². The van der Waals surface area contributed by atoms with Crippen molar-refractivity contribution < 1.29 is 9.90 Å². The lowest BCUT2D eigenvalue weighted by atomic mass is 10.0. The number of pyridine rings is 1. The van der Waals surface area contributed by atoms with Crippen LogP contribution in [0.25, 0.3) is 0 Å². The first-order chi connectivity index (χ1) is 12.8. The average molecular weight is 388 g/mol. The summed E-state index contributed by atoms with van der Waals surface area (Å²) < 4.78 is 0. The number of aryl methyl sites for hydroxylation is 1. The van der Waals surface area contributed by atoms with E-state index in [1.165, 1.54) is 16.0 Å². The highest BCUT2D eigenvalue weighted by Crippen LogP contribution is 2.30. The van der Waals surface area contributed by atoms with E-state index in [-0.39, 0.29) is 5.91 Å². The van der Waals surface area contributed by atoms with Crippen LogP contribution in [-0.4, -0.2) is 51.5 Å². The Labute approximate surface area is 165 Å². The molecule has 1 aliphatic heterocycles. The van der Waals surface area contributed by atoms with Crippen LogP contribution in [-0.2, 0) is 25.9 Å². The van der Waals surface area contributed by atoms with E-state index < -0.39 is 5.60 Å². The van der Waals surface area contributed by atoms with Gasteiger partial charge in [0.1, 0.15) is 0 Å². The molecular formula is C21H29N3O2S. The monoisotopic (exact) mass is 387 g/mol. The minimum Gasteiger partial charge on any atom is -0.389 e. The number of nitrogens with zero attached hydrogens (tertiary/aromatic N) is 3. The first-order valence-corrected chi connectivity index (χ1v) is 10.4. The fourth-order valence-electron chi connectivity index (χ4n) is 3.54. The molecule has 0 atom stereocenters. The molecule has 27 heavy (non-hydrogen) atoms. The molecule has 0 aliphatic carbocycles. The number of hydrogen-bond acceptors (Lipinski definition) is 5. The SMILES string of the molecule is CCc1ccc(CN2CCc3c(C(=O)N(C)CC(C)(C)O)csc3C2)nc1. The molecule has 0 bridgehead atoms. The van der Waals surface area contributed by atoms with Crippen LogP contribution < -0.4 is 0 Å². The van der Waals surface area contributed by atoms with Crippen molar-refractivity contribution >= 4 is 17.2 Å². The Hall–Kier alpha value is -1.76. The molecule has 6 heteroatoms. The van der Waals surface area contributed by atoms with E-state index in [1.54, 1.807) is 37.1 Å². The molecule has 0 aromatic carbocycles. The molecule has 3 heterocycles. The summed E-state index contributed by atoms with van der Waals surface area (Å²) in [4.78, 5) is 22.6. The molecule has 1 N–H and O–H groups in total. The molecule has 0 unspecified atom stereocenters. The van der Waals surface area contributed by atoms with Crippen molar-refractivity contribution in [2.45, 2.75) is 52.3 Å². The third-order valence-electron chi connectivity index (χ3n) is 4.91. The molecule has 0 saturated carbocycles. The molecule has 2 aromatic heterocycles. The van der Waals surface area contributed by atoms with Crippen LogP contribution in [0, 0.1) is 0 Å². The Bertz CT molecular complexity index is 793. The summed E-state index contributed by atoms with van der Waals surface area (Å²) >= 11 is 1.66. The predicted octanol–water partition coefficient (Wildman–Crippen LogP) is 3.11. The summed E-state index contributed by atoms with van der Waals surface area (Å²) in [5.74, 6) is -0.0000962. The molecule has 5 nitrogen and oxygen atoms in total. The van der Waals surface area contributed by atoms with Gasteiger partial charge >= 0.3 is 0 Å². The largest absolute Gasteiger partial charge is 0.389 e. The second kappa shape index (κ2) is 8.09. The number of amides is 1. The number of carbonyl (C=O) groups excluding carboxylic acids is 1. The van der Waals surface area contributed by atoms with Crippen molar-refractivity contribution in [3.8, 4) is 0 Å². The smallest absolute Gasteiger partial charge is 0.254 e. The minimum atomic E-state index is -0.891. The normalized spacial score (nSPS) is 14.9. The molecule has 0 fully saturated rings. The van der Waals surface area contributed by atoms with Gasteiger partial charge in [0, 0.05) is 49.7 Å². The van der Waals surface area contributed by atoms with Gasteiger partial charge in [-0.15, -0.1) is 11.3 Å². The number of rotatable bonds is 6. The van der Waals surface area contributed by atoms with Gasteiger partial charge in [-0.1, -0.05) is 13.0 Å². The van der Waals surface area contributed by atoms with Crippen molar-refractivity contribution in [2.75, 3.05) is 20.1 Å². The zero-order valence-electron chi connectivity index (χ0n) is 16.7. The fourth-order valence-corrected chi connectivity index (χ4v) is 4.66. The molecule has 0 saturated heterocycles. The zero-order valence-corrected chi connectivity index (χ0v) is 17.5. The van der Waals surface area contributed by atoms with Gasteiger partial charge in [0.15, 0.2) is 0 Å². The van der Waals surface area contributed by atoms with Crippen LogP contribution in [0.1, 0.15) is 52.8 Å². The van der Waals surface area contributed by atoms with Crippen molar-refractivity contribution in [3.63, 3.8) is 0 Å². The van der Waals surface area contributed by atoms with Gasteiger partial charge < -0.3 is 10.0 Å². The number of aromatic nitrogens is 1. The predicted molar refractivity (Wildman–Crippen MR) is 109 cm³/mol. The fraction of sp³-hybridized carbons (Fsp3) is 0.524. The Balaban J connectivity index is 1.66. The summed E-state index contributed by atoms with van der Waals surface area (Å²) in [7, 11) is 1.76. The summed E-state index contributed by atoms with van der Waals surface area (Å²) in [5, 5.41) is 12.0. The van der Waals surface area contributed by atoms with Crippen molar-refractivity contribution in [3.05, 3.63) is 51.0 Å². The Morgan fingerprint density at radius 1 is 1.41 bits per heavy atom. The molecule has 1 amide bonds. The van der Waals surface area contributed by atoms with Crippen LogP contribution in [0.3, 0.4) is 0 Å². The van der Waals surface area contributed by atoms with E-state index in [0.717, 1.165) is 43.7 Å². The van der Waals surface area contributed by atoms with Crippen LogP contribution >= 0.6 is 11.3 Å². The number of fused-ring (bicyclic) bond motifs is 1. The maximum atomic E-state index is 12.8. The quantitative estimate of drug-likeness (QED) is 0.827. The summed E-state index contributed by atoms with van der Waals surface area (Å²) in [5.41, 5.74) is 3.44. The lowest BCUT2D eigenvalue weighted by Crippen LogP contribution is -2.40. The Morgan fingerprint density at radius 2 is 2.19 bits per heavy atom. The van der Waals surface area contributed by atoms with E-state index in [2.05, 4.69) is 28.9 Å². The number of carbonyl (C=O) groups is 1. The summed E-state index contributed by atoms with van der Waals surface area (Å²) in [6.45, 7) is 8.52. The molecule has 0 radical (unpaired) electrons. The van der Waals surface area contributed by atoms with E-state index in [1.807, 2.05) is 11.6 Å². The molecule has 2 aromatic rings. The molecule has 0 spiro atoms. The number of likely N-dealkylation sites (N-methyl/N-ethyl adjacent to an activating group) is 1. The first-order valence-electron chi connectivity index (χ1n) is 9.50. The lowest BCUT2D eigenvalue weighted by Gasteiger charge is -2.28. The van der Waals surface area contributed by atoms with Gasteiger partial charge in [-0.25, -0.2) is 0 Å². The standard InChI is InChI=1S/C21H29N3O2S/c1-5-15-6-7-16(22-10-15)11-24-9-8-17-18(13-27-19(17)12-24)20(25)23(4)14-21(2,3)26/h6-7,10,13,26H,5,8-9,11-12,14H2,1-4H3. The average Bonchev–Trinajstić information content (AvgIpc) is 3.03. The maximum Gasteiger partial charge on any atom is 0.254 e. The summed E-state index contributed by atoms with van der Waals surface area (Å²) in [6.07, 6.45) is 3.85. The Kier molecular flexibility index (Phi) is 5.99. The Morgan fingerprint density at radius 3 is 2.81 bits per heavy atom. The second-order valence-electron chi connectivity index (χ2n) is 8.00. The van der Waals surface area contributed by atoms with Crippen molar-refractivity contribution in [1.82, 2.24) is 14.8 Å². The first kappa shape index (κ1) is 20.0. The van der Waals surface area contributed by atoms with E-state index in [0.29, 0.717) is 6.54 Å². The number of hydrogen-bond donors (Lipinski definition) is 1. The maximum absolute atomic E-state index is 12.8. The van der Waals surface area contributed by atoms with Crippen molar-refractivity contribution in [2.24, 2.45) is 0 Å². The topological polar surface area (TPSA) is 56.7 Å². The van der Waals surface area contributed by atoms with Gasteiger partial charge in [0.05, 0.1) is 16.9 Å². The van der Waals surface area contributed by atoms with Gasteiger partial charge in [-0.3, -0.25) is 14.7 Å². The number of thiophene rings is 1. The van der Waals surface area contributed by atoms with E-state index in [4.69, 9.17) is 0 Å². The highest BCUT2D eigenvalue weighted by atomic mass is 32.1. The van der Waals surface area contributed by atoms with Crippen LogP contribution in [0.15, 0.2) is 23.7 Å². The van der Waals surface area contributed by atoms with Crippen LogP contribution in [0.4, 0.5) is 0 Å². The molecule has 146 valence electrons. The number of aliphatic hydroxyl groups is 1. The lowest BCUT2D eigenvalue weighted by molar-refractivity contribution is 0.0367. The summed E-state index contributed by atoms with van der Waals surface area (Å²) in [6, 6.07) is 4.27.